The molecule has 1 unspecified atom stereocenters. The summed E-state index contributed by atoms with van der Waals surface area (Å²) in [6.07, 6.45) is 7.07. The number of hydrogen-bond acceptors (Lipinski definition) is 1. The molecule has 1 saturated carbocycles. The van der Waals surface area contributed by atoms with E-state index in [2.05, 4.69) is 6.92 Å². The average Bonchev–Trinajstić information content (AvgIpc) is 2.07. The van der Waals surface area contributed by atoms with Crippen LogP contribution in [0.25, 0.3) is 0 Å². The van der Waals surface area contributed by atoms with Crippen LogP contribution in [0, 0.1) is 12.8 Å². The monoisotopic (exact) mass is 155 g/mol. The van der Waals surface area contributed by atoms with Crippen molar-refractivity contribution in [1.29, 1.82) is 0 Å². The highest BCUT2D eigenvalue weighted by molar-refractivity contribution is 4.75. The summed E-state index contributed by atoms with van der Waals surface area (Å²) in [6, 6.07) is 0. The van der Waals surface area contributed by atoms with Crippen LogP contribution in [-0.4, -0.2) is 12.7 Å². The first-order valence-electron chi connectivity index (χ1n) is 4.79. The lowest BCUT2D eigenvalue weighted by atomic mass is 9.86. The summed E-state index contributed by atoms with van der Waals surface area (Å²) < 4.78 is 5.47. The van der Waals surface area contributed by atoms with Crippen LogP contribution in [0.3, 0.4) is 0 Å². The van der Waals surface area contributed by atoms with Gasteiger partial charge in [-0.3, -0.25) is 0 Å². The Morgan fingerprint density at radius 2 is 2.00 bits per heavy atom. The third kappa shape index (κ3) is 2.82. The second-order valence-corrected chi connectivity index (χ2v) is 3.39. The van der Waals surface area contributed by atoms with Crippen molar-refractivity contribution in [3.8, 4) is 0 Å². The van der Waals surface area contributed by atoms with Gasteiger partial charge in [-0.25, -0.2) is 0 Å². The van der Waals surface area contributed by atoms with E-state index < -0.39 is 0 Å². The Bertz CT molecular complexity index is 95.0. The van der Waals surface area contributed by atoms with Crippen LogP contribution in [0.5, 0.6) is 0 Å². The maximum absolute atomic E-state index is 5.47. The van der Waals surface area contributed by atoms with E-state index in [-0.39, 0.29) is 6.10 Å². The summed E-state index contributed by atoms with van der Waals surface area (Å²) >= 11 is 0. The van der Waals surface area contributed by atoms with Crippen LogP contribution in [0.2, 0.25) is 0 Å². The Morgan fingerprint density at radius 3 is 2.55 bits per heavy atom. The minimum Gasteiger partial charge on any atom is -0.378 e. The van der Waals surface area contributed by atoms with E-state index in [1.807, 2.05) is 6.92 Å². The Labute approximate surface area is 70.1 Å². The molecule has 1 fully saturated rings. The first-order chi connectivity index (χ1) is 5.34. The van der Waals surface area contributed by atoms with Crippen molar-refractivity contribution in [2.24, 2.45) is 5.92 Å². The maximum atomic E-state index is 5.47. The molecule has 1 heteroatoms. The minimum absolute atomic E-state index is 0.250. The second kappa shape index (κ2) is 4.76. The molecule has 0 bridgehead atoms. The van der Waals surface area contributed by atoms with Gasteiger partial charge in [-0.05, 0) is 32.6 Å². The molecule has 0 spiro atoms. The fourth-order valence-corrected chi connectivity index (χ4v) is 1.86. The quantitative estimate of drug-likeness (QED) is 0.609. The fraction of sp³-hybridized carbons (Fsp3) is 0.900. The van der Waals surface area contributed by atoms with E-state index in [0.29, 0.717) is 0 Å². The molecule has 65 valence electrons. The number of hydrogen-bond donors (Lipinski definition) is 0. The minimum atomic E-state index is 0.250. The number of rotatable bonds is 3. The molecule has 1 rings (SSSR count). The average molecular weight is 155 g/mol. The SMILES string of the molecule is [CH2]C(OCC)C1CCCCC1. The van der Waals surface area contributed by atoms with E-state index >= 15 is 0 Å². The lowest BCUT2D eigenvalue weighted by molar-refractivity contribution is 0.0379. The Hall–Kier alpha value is -0.0400. The highest BCUT2D eigenvalue weighted by atomic mass is 16.5. The zero-order valence-corrected chi connectivity index (χ0v) is 7.51. The molecular formula is C10H19O. The molecule has 0 amide bonds. The third-order valence-electron chi connectivity index (χ3n) is 2.56. The molecule has 0 aromatic rings. The summed E-state index contributed by atoms with van der Waals surface area (Å²) in [4.78, 5) is 0. The Balaban J connectivity index is 2.21. The van der Waals surface area contributed by atoms with Gasteiger partial charge in [0.15, 0.2) is 0 Å². The molecule has 0 aromatic heterocycles. The standard InChI is InChI=1S/C10H19O/c1-3-11-9(2)10-7-5-4-6-8-10/h9-10H,2-8H2,1H3. The second-order valence-electron chi connectivity index (χ2n) is 3.39. The van der Waals surface area contributed by atoms with Crippen molar-refractivity contribution >= 4 is 0 Å². The highest BCUT2D eigenvalue weighted by Crippen LogP contribution is 2.27. The summed E-state index contributed by atoms with van der Waals surface area (Å²) in [5, 5.41) is 0. The molecule has 11 heavy (non-hydrogen) atoms. The molecule has 1 nitrogen and oxygen atoms in total. The van der Waals surface area contributed by atoms with E-state index in [1.54, 1.807) is 0 Å². The molecular weight excluding hydrogens is 136 g/mol. The van der Waals surface area contributed by atoms with Gasteiger partial charge < -0.3 is 4.74 Å². The molecule has 1 atom stereocenters. The van der Waals surface area contributed by atoms with E-state index in [9.17, 15) is 0 Å². The first-order valence-corrected chi connectivity index (χ1v) is 4.79. The van der Waals surface area contributed by atoms with Crippen molar-refractivity contribution in [3.63, 3.8) is 0 Å². The molecule has 0 heterocycles. The van der Waals surface area contributed by atoms with E-state index in [1.165, 1.54) is 32.1 Å². The summed E-state index contributed by atoms with van der Waals surface area (Å²) in [6.45, 7) is 6.88. The zero-order valence-electron chi connectivity index (χ0n) is 7.51. The molecule has 0 saturated heterocycles. The normalized spacial score (nSPS) is 23.5. The van der Waals surface area contributed by atoms with Gasteiger partial charge in [0.2, 0.25) is 0 Å². The van der Waals surface area contributed by atoms with Crippen LogP contribution < -0.4 is 0 Å². The van der Waals surface area contributed by atoms with Crippen molar-refractivity contribution in [2.45, 2.75) is 45.1 Å². The van der Waals surface area contributed by atoms with Gasteiger partial charge in [0.25, 0.3) is 0 Å². The molecule has 1 aliphatic rings. The zero-order chi connectivity index (χ0) is 8.10. The van der Waals surface area contributed by atoms with Crippen molar-refractivity contribution in [3.05, 3.63) is 6.92 Å². The van der Waals surface area contributed by atoms with Crippen molar-refractivity contribution in [2.75, 3.05) is 6.61 Å². The third-order valence-corrected chi connectivity index (χ3v) is 2.56. The fourth-order valence-electron chi connectivity index (χ4n) is 1.86. The van der Waals surface area contributed by atoms with E-state index in [0.717, 1.165) is 12.5 Å². The van der Waals surface area contributed by atoms with Crippen molar-refractivity contribution in [1.82, 2.24) is 0 Å². The summed E-state index contributed by atoms with van der Waals surface area (Å²) in [5.74, 6) is 0.740. The molecule has 1 radical (unpaired) electrons. The lowest BCUT2D eigenvalue weighted by Crippen LogP contribution is -2.23. The topological polar surface area (TPSA) is 9.23 Å². The van der Waals surface area contributed by atoms with Gasteiger partial charge >= 0.3 is 0 Å². The van der Waals surface area contributed by atoms with Gasteiger partial charge in [-0.2, -0.15) is 0 Å². The smallest absolute Gasteiger partial charge is 0.0604 e. The lowest BCUT2D eigenvalue weighted by Gasteiger charge is -2.27. The van der Waals surface area contributed by atoms with Gasteiger partial charge in [0, 0.05) is 6.61 Å². The maximum Gasteiger partial charge on any atom is 0.0604 e. The van der Waals surface area contributed by atoms with Gasteiger partial charge in [-0.15, -0.1) is 0 Å². The molecule has 0 N–H and O–H groups in total. The van der Waals surface area contributed by atoms with Gasteiger partial charge in [-0.1, -0.05) is 19.3 Å². The predicted molar refractivity (Wildman–Crippen MR) is 47.3 cm³/mol. The van der Waals surface area contributed by atoms with Gasteiger partial charge in [0.05, 0.1) is 6.10 Å². The Morgan fingerprint density at radius 1 is 1.36 bits per heavy atom. The number of ether oxygens (including phenoxy) is 1. The van der Waals surface area contributed by atoms with Gasteiger partial charge in [0.1, 0.15) is 0 Å². The van der Waals surface area contributed by atoms with Crippen LogP contribution >= 0.6 is 0 Å². The predicted octanol–water partition coefficient (Wildman–Crippen LogP) is 2.81. The van der Waals surface area contributed by atoms with E-state index in [4.69, 9.17) is 4.74 Å². The largest absolute Gasteiger partial charge is 0.378 e. The summed E-state index contributed by atoms with van der Waals surface area (Å²) in [7, 11) is 0. The first kappa shape index (κ1) is 9.05. The van der Waals surface area contributed by atoms with Crippen LogP contribution in [-0.2, 0) is 4.74 Å². The van der Waals surface area contributed by atoms with Crippen LogP contribution in [0.15, 0.2) is 0 Å². The highest BCUT2D eigenvalue weighted by Gasteiger charge is 2.19. The molecule has 0 aliphatic heterocycles. The Kier molecular flexibility index (Phi) is 3.92. The van der Waals surface area contributed by atoms with Crippen LogP contribution in [0.1, 0.15) is 39.0 Å². The van der Waals surface area contributed by atoms with Crippen molar-refractivity contribution < 1.29 is 4.74 Å². The van der Waals surface area contributed by atoms with Crippen LogP contribution in [0.4, 0.5) is 0 Å². The molecule has 1 aliphatic carbocycles. The molecule has 0 aromatic carbocycles. The summed E-state index contributed by atoms with van der Waals surface area (Å²) in [5.41, 5.74) is 0.